The highest BCUT2D eigenvalue weighted by atomic mass is 32.2. The molecule has 1 fully saturated rings. The number of hydrazine groups is 1. The number of hydrogen-bond donors (Lipinski definition) is 2. The van der Waals surface area contributed by atoms with Crippen LogP contribution in [0.25, 0.3) is 0 Å². The lowest BCUT2D eigenvalue weighted by molar-refractivity contribution is 0.413. The van der Waals surface area contributed by atoms with E-state index in [4.69, 9.17) is 10.6 Å². The van der Waals surface area contributed by atoms with Crippen LogP contribution in [0.2, 0.25) is 0 Å². The highest BCUT2D eigenvalue weighted by Crippen LogP contribution is 2.34. The van der Waals surface area contributed by atoms with Crippen molar-refractivity contribution in [3.8, 4) is 5.75 Å². The molecule has 0 radical (unpaired) electrons. The number of ether oxygens (including phenoxy) is 1. The van der Waals surface area contributed by atoms with Gasteiger partial charge in [0.05, 0.1) is 7.11 Å². The van der Waals surface area contributed by atoms with E-state index in [1.807, 2.05) is 35.7 Å². The number of methoxy groups -OCH3 is 1. The van der Waals surface area contributed by atoms with Crippen LogP contribution in [0.15, 0.2) is 24.3 Å². The second-order valence-corrected chi connectivity index (χ2v) is 7.51. The molecule has 0 saturated carbocycles. The van der Waals surface area contributed by atoms with Crippen LogP contribution in [-0.4, -0.2) is 35.2 Å². The summed E-state index contributed by atoms with van der Waals surface area (Å²) in [5.74, 6) is 9.16. The summed E-state index contributed by atoms with van der Waals surface area (Å²) in [5, 5.41) is 1.21. The maximum atomic E-state index is 5.78. The average Bonchev–Trinajstić information content (AvgIpc) is 2.46. The third-order valence-corrected chi connectivity index (χ3v) is 6.69. The van der Waals surface area contributed by atoms with Crippen molar-refractivity contribution in [2.24, 2.45) is 5.84 Å². The highest BCUT2D eigenvalue weighted by molar-refractivity contribution is 8.07. The van der Waals surface area contributed by atoms with Crippen molar-refractivity contribution < 1.29 is 4.74 Å². The summed E-state index contributed by atoms with van der Waals surface area (Å²) in [6.07, 6.45) is 0.941. The van der Waals surface area contributed by atoms with Crippen LogP contribution >= 0.6 is 23.5 Å². The monoisotopic (exact) mass is 298 g/mol. The molecule has 1 saturated heterocycles. The fourth-order valence-electron chi connectivity index (χ4n) is 2.42. The van der Waals surface area contributed by atoms with Gasteiger partial charge in [0.25, 0.3) is 0 Å². The Balaban J connectivity index is 2.05. The minimum atomic E-state index is 0.305. The van der Waals surface area contributed by atoms with Crippen LogP contribution in [0.5, 0.6) is 5.75 Å². The van der Waals surface area contributed by atoms with Crippen molar-refractivity contribution >= 4 is 23.5 Å². The van der Waals surface area contributed by atoms with E-state index in [2.05, 4.69) is 24.5 Å². The minimum Gasteiger partial charge on any atom is -0.497 e. The van der Waals surface area contributed by atoms with Gasteiger partial charge in [-0.2, -0.15) is 23.5 Å². The Morgan fingerprint density at radius 1 is 1.42 bits per heavy atom. The van der Waals surface area contributed by atoms with Gasteiger partial charge in [-0.15, -0.1) is 0 Å². The average molecular weight is 298 g/mol. The summed E-state index contributed by atoms with van der Waals surface area (Å²) in [4.78, 5) is 0. The molecule has 5 heteroatoms. The van der Waals surface area contributed by atoms with Gasteiger partial charge in [-0.25, -0.2) is 0 Å². The van der Waals surface area contributed by atoms with E-state index < -0.39 is 0 Å². The quantitative estimate of drug-likeness (QED) is 0.645. The first kappa shape index (κ1) is 15.0. The molecule has 106 valence electrons. The molecule has 1 aliphatic rings. The van der Waals surface area contributed by atoms with Crippen molar-refractivity contribution in [3.63, 3.8) is 0 Å². The van der Waals surface area contributed by atoms with Gasteiger partial charge in [0, 0.05) is 28.0 Å². The van der Waals surface area contributed by atoms with E-state index in [0.29, 0.717) is 16.5 Å². The van der Waals surface area contributed by atoms with E-state index in [1.54, 1.807) is 7.11 Å². The van der Waals surface area contributed by atoms with Crippen molar-refractivity contribution in [2.45, 2.75) is 29.9 Å². The number of benzene rings is 1. The summed E-state index contributed by atoms with van der Waals surface area (Å²) in [5.41, 5.74) is 4.28. The minimum absolute atomic E-state index is 0.305. The first-order valence-corrected chi connectivity index (χ1v) is 8.66. The standard InChI is InChI=1S/C14H22N2OS2/c1-10-14(19-7-6-18-10)13(16-15)9-11-4-3-5-12(8-11)17-2/h3-5,8,10,13-14,16H,6-7,9,15H2,1-2H3. The molecule has 1 aromatic carbocycles. The van der Waals surface area contributed by atoms with Crippen LogP contribution in [-0.2, 0) is 6.42 Å². The second-order valence-electron chi connectivity index (χ2n) is 4.74. The van der Waals surface area contributed by atoms with Crippen LogP contribution in [0.3, 0.4) is 0 Å². The Labute approximate surface area is 124 Å². The van der Waals surface area contributed by atoms with E-state index >= 15 is 0 Å². The molecule has 2 rings (SSSR count). The molecule has 0 bridgehead atoms. The van der Waals surface area contributed by atoms with Crippen molar-refractivity contribution in [3.05, 3.63) is 29.8 Å². The third kappa shape index (κ3) is 4.05. The van der Waals surface area contributed by atoms with E-state index in [9.17, 15) is 0 Å². The van der Waals surface area contributed by atoms with Gasteiger partial charge in [-0.05, 0) is 24.1 Å². The molecule has 19 heavy (non-hydrogen) atoms. The maximum Gasteiger partial charge on any atom is 0.119 e. The largest absolute Gasteiger partial charge is 0.497 e. The molecule has 3 N–H and O–H groups in total. The predicted octanol–water partition coefficient (Wildman–Crippen LogP) is 2.31. The van der Waals surface area contributed by atoms with Crippen molar-refractivity contribution in [1.29, 1.82) is 0 Å². The molecule has 0 aliphatic carbocycles. The van der Waals surface area contributed by atoms with Crippen molar-refractivity contribution in [1.82, 2.24) is 5.43 Å². The molecular formula is C14H22N2OS2. The third-order valence-electron chi connectivity index (χ3n) is 3.44. The number of nitrogens with one attached hydrogen (secondary N) is 1. The van der Waals surface area contributed by atoms with E-state index in [1.165, 1.54) is 17.1 Å². The number of thioether (sulfide) groups is 2. The fourth-order valence-corrected chi connectivity index (χ4v) is 5.36. The number of rotatable bonds is 5. The molecule has 3 atom stereocenters. The molecule has 0 aromatic heterocycles. The zero-order chi connectivity index (χ0) is 13.7. The molecule has 0 spiro atoms. The molecule has 1 aromatic rings. The lowest BCUT2D eigenvalue weighted by Crippen LogP contribution is -2.48. The molecular weight excluding hydrogens is 276 g/mol. The Kier molecular flexibility index (Phi) is 5.88. The van der Waals surface area contributed by atoms with Crippen molar-refractivity contribution in [2.75, 3.05) is 18.6 Å². The topological polar surface area (TPSA) is 47.3 Å². The van der Waals surface area contributed by atoms with Gasteiger partial charge in [0.1, 0.15) is 5.75 Å². The Morgan fingerprint density at radius 2 is 2.21 bits per heavy atom. The summed E-state index contributed by atoms with van der Waals surface area (Å²) >= 11 is 4.09. The molecule has 3 nitrogen and oxygen atoms in total. The highest BCUT2D eigenvalue weighted by Gasteiger charge is 2.29. The Bertz CT molecular complexity index is 403. The number of hydrogen-bond acceptors (Lipinski definition) is 5. The zero-order valence-electron chi connectivity index (χ0n) is 11.5. The molecule has 1 heterocycles. The number of nitrogens with two attached hydrogens (primary N) is 1. The van der Waals surface area contributed by atoms with Crippen LogP contribution in [0.1, 0.15) is 12.5 Å². The molecule has 3 unspecified atom stereocenters. The van der Waals surface area contributed by atoms with Gasteiger partial charge in [-0.1, -0.05) is 19.1 Å². The SMILES string of the molecule is COc1cccc(CC(NN)C2SCCSC2C)c1. The molecule has 0 amide bonds. The Hall–Kier alpha value is -0.360. The summed E-state index contributed by atoms with van der Waals surface area (Å²) in [6.45, 7) is 2.30. The van der Waals surface area contributed by atoms with Crippen LogP contribution < -0.4 is 16.0 Å². The lowest BCUT2D eigenvalue weighted by atomic mass is 10.0. The van der Waals surface area contributed by atoms with Gasteiger partial charge < -0.3 is 4.74 Å². The summed E-state index contributed by atoms with van der Waals surface area (Å²) < 4.78 is 5.28. The normalized spacial score (nSPS) is 25.0. The lowest BCUT2D eigenvalue weighted by Gasteiger charge is -2.34. The second kappa shape index (κ2) is 7.43. The fraction of sp³-hybridized carbons (Fsp3) is 0.571. The first-order valence-electron chi connectivity index (χ1n) is 6.57. The van der Waals surface area contributed by atoms with E-state index in [-0.39, 0.29) is 0 Å². The Morgan fingerprint density at radius 3 is 2.89 bits per heavy atom. The van der Waals surface area contributed by atoms with Gasteiger partial charge in [0.15, 0.2) is 0 Å². The maximum absolute atomic E-state index is 5.78. The smallest absolute Gasteiger partial charge is 0.119 e. The van der Waals surface area contributed by atoms with Crippen LogP contribution in [0.4, 0.5) is 0 Å². The van der Waals surface area contributed by atoms with E-state index in [0.717, 1.165) is 12.2 Å². The first-order chi connectivity index (χ1) is 9.24. The summed E-state index contributed by atoms with van der Waals surface area (Å²) in [7, 11) is 1.70. The summed E-state index contributed by atoms with van der Waals surface area (Å²) in [6, 6.07) is 8.55. The van der Waals surface area contributed by atoms with Gasteiger partial charge in [-0.3, -0.25) is 11.3 Å². The van der Waals surface area contributed by atoms with Gasteiger partial charge in [0.2, 0.25) is 0 Å². The zero-order valence-corrected chi connectivity index (χ0v) is 13.1. The predicted molar refractivity (Wildman–Crippen MR) is 86.0 cm³/mol. The van der Waals surface area contributed by atoms with Crippen LogP contribution in [0, 0.1) is 0 Å². The molecule has 1 aliphatic heterocycles. The van der Waals surface area contributed by atoms with Gasteiger partial charge >= 0.3 is 0 Å².